The van der Waals surface area contributed by atoms with Crippen molar-refractivity contribution in [2.75, 3.05) is 31.8 Å². The van der Waals surface area contributed by atoms with Gasteiger partial charge in [0.15, 0.2) is 0 Å². The predicted octanol–water partition coefficient (Wildman–Crippen LogP) is 4.31. The van der Waals surface area contributed by atoms with Gasteiger partial charge in [0.2, 0.25) is 0 Å². The van der Waals surface area contributed by atoms with Crippen LogP contribution in [-0.2, 0) is 0 Å². The number of hydrogen-bond acceptors (Lipinski definition) is 7. The van der Waals surface area contributed by atoms with Crippen molar-refractivity contribution in [2.24, 2.45) is 4.99 Å². The number of benzene rings is 2. The van der Waals surface area contributed by atoms with Gasteiger partial charge in [-0.05, 0) is 42.8 Å². The number of pyridine rings is 1. The number of aromatic nitrogens is 1. The number of methoxy groups -OCH3 is 1. The molecule has 33 heavy (non-hydrogen) atoms. The number of nitrogens with one attached hydrogen (secondary N) is 1. The normalized spacial score (nSPS) is 15.8. The summed E-state index contributed by atoms with van der Waals surface area (Å²) in [6.07, 6.45) is 8.32. The third-order valence-electron chi connectivity index (χ3n) is 5.91. The van der Waals surface area contributed by atoms with Crippen LogP contribution in [0.5, 0.6) is 5.75 Å². The Morgan fingerprint density at radius 3 is 2.82 bits per heavy atom. The number of fused-ring (bicyclic) bond motifs is 1. The molecule has 0 spiro atoms. The molecular formula is C25H23N5O3. The van der Waals surface area contributed by atoms with Crippen molar-refractivity contribution in [3.63, 3.8) is 0 Å². The quantitative estimate of drug-likeness (QED) is 0.469. The van der Waals surface area contributed by atoms with Gasteiger partial charge >= 0.3 is 0 Å². The third kappa shape index (κ3) is 4.08. The summed E-state index contributed by atoms with van der Waals surface area (Å²) in [6.45, 7) is 1.81. The highest BCUT2D eigenvalue weighted by Gasteiger charge is 2.25. The van der Waals surface area contributed by atoms with E-state index in [2.05, 4.69) is 16.4 Å². The summed E-state index contributed by atoms with van der Waals surface area (Å²) in [7, 11) is 1.58. The molecule has 8 nitrogen and oxygen atoms in total. The smallest absolute Gasteiger partial charge is 0.279 e. The Bertz CT molecular complexity index is 1330. The average Bonchev–Trinajstić information content (AvgIpc) is 2.88. The first-order valence-electron chi connectivity index (χ1n) is 10.7. The summed E-state index contributed by atoms with van der Waals surface area (Å²) in [6, 6.07) is 13.4. The Kier molecular flexibility index (Phi) is 5.58. The Morgan fingerprint density at radius 1 is 1.21 bits per heavy atom. The molecule has 3 aromatic rings. The first kappa shape index (κ1) is 20.8. The number of nitro benzene ring substituents is 1. The van der Waals surface area contributed by atoms with Gasteiger partial charge in [-0.25, -0.2) is 0 Å². The van der Waals surface area contributed by atoms with E-state index in [1.807, 2.05) is 53.7 Å². The second-order valence-corrected chi connectivity index (χ2v) is 7.87. The summed E-state index contributed by atoms with van der Waals surface area (Å²) in [5.74, 6) is 0.575. The largest absolute Gasteiger partial charge is 0.495 e. The molecule has 0 amide bonds. The Labute approximate surface area is 191 Å². The Balaban J connectivity index is 1.46. The number of nitrogens with zero attached hydrogens (tertiary/aromatic N) is 4. The third-order valence-corrected chi connectivity index (χ3v) is 5.91. The number of para-hydroxylation sites is 1. The highest BCUT2D eigenvalue weighted by Crippen LogP contribution is 2.40. The van der Waals surface area contributed by atoms with Crippen LogP contribution in [0.15, 0.2) is 72.0 Å². The molecule has 0 fully saturated rings. The maximum atomic E-state index is 11.9. The molecule has 0 bridgehead atoms. The molecular weight excluding hydrogens is 418 g/mol. The van der Waals surface area contributed by atoms with Gasteiger partial charge in [0, 0.05) is 36.0 Å². The van der Waals surface area contributed by atoms with Crippen molar-refractivity contribution in [1.82, 2.24) is 10.3 Å². The number of allylic oxidation sites excluding steroid dienone is 1. The van der Waals surface area contributed by atoms with Crippen LogP contribution >= 0.6 is 0 Å². The van der Waals surface area contributed by atoms with Gasteiger partial charge in [-0.3, -0.25) is 20.1 Å². The van der Waals surface area contributed by atoms with Crippen LogP contribution in [0.3, 0.4) is 0 Å². The van der Waals surface area contributed by atoms with E-state index in [0.717, 1.165) is 40.7 Å². The van der Waals surface area contributed by atoms with Crippen LogP contribution in [0.4, 0.5) is 11.4 Å². The maximum absolute atomic E-state index is 11.9. The monoisotopic (exact) mass is 441 g/mol. The number of anilines is 1. The van der Waals surface area contributed by atoms with E-state index in [-0.39, 0.29) is 10.6 Å². The standard InChI is InChI=1S/C25H23N5O3/c1-33-25-13-20(17-6-9-26-10-7-17)23(30(31)32)14-24(25)29-11-8-22(28-16-29)19-12-18-4-2-3-5-21(18)27-15-19/h2-6,8,11-15,26H,7,9-10,16H2,1H3. The van der Waals surface area contributed by atoms with E-state index >= 15 is 0 Å². The number of ether oxygens (including phenoxy) is 1. The maximum Gasteiger partial charge on any atom is 0.279 e. The first-order chi connectivity index (χ1) is 16.1. The molecule has 1 N–H and O–H groups in total. The molecule has 166 valence electrons. The summed E-state index contributed by atoms with van der Waals surface area (Å²) in [4.78, 5) is 22.6. The summed E-state index contributed by atoms with van der Waals surface area (Å²) < 4.78 is 5.62. The molecule has 5 rings (SSSR count). The van der Waals surface area contributed by atoms with E-state index < -0.39 is 0 Å². The second-order valence-electron chi connectivity index (χ2n) is 7.87. The predicted molar refractivity (Wildman–Crippen MR) is 130 cm³/mol. The fourth-order valence-corrected chi connectivity index (χ4v) is 4.19. The van der Waals surface area contributed by atoms with Crippen LogP contribution in [-0.4, -0.2) is 42.5 Å². The van der Waals surface area contributed by atoms with Crippen LogP contribution < -0.4 is 15.0 Å². The molecule has 3 heterocycles. The van der Waals surface area contributed by atoms with Crippen LogP contribution in [0.25, 0.3) is 16.5 Å². The molecule has 2 aliphatic rings. The zero-order valence-corrected chi connectivity index (χ0v) is 18.2. The summed E-state index contributed by atoms with van der Waals surface area (Å²) in [5.41, 5.74) is 4.92. The fraction of sp³-hybridized carbons (Fsp3) is 0.200. The second kappa shape index (κ2) is 8.84. The van der Waals surface area contributed by atoms with Gasteiger partial charge < -0.3 is 15.0 Å². The molecule has 0 saturated carbocycles. The number of hydrogen-bond donors (Lipinski definition) is 1. The van der Waals surface area contributed by atoms with Crippen molar-refractivity contribution in [3.8, 4) is 5.75 Å². The van der Waals surface area contributed by atoms with E-state index in [9.17, 15) is 10.1 Å². The van der Waals surface area contributed by atoms with Gasteiger partial charge in [0.05, 0.1) is 34.5 Å². The highest BCUT2D eigenvalue weighted by atomic mass is 16.6. The number of nitro groups is 1. The van der Waals surface area contributed by atoms with Gasteiger partial charge in [0.25, 0.3) is 5.69 Å². The van der Waals surface area contributed by atoms with E-state index in [1.165, 1.54) is 0 Å². The molecule has 2 aliphatic heterocycles. The Hall–Kier alpha value is -4.04. The average molecular weight is 441 g/mol. The molecule has 0 saturated heterocycles. The molecule has 8 heteroatoms. The molecule has 0 unspecified atom stereocenters. The van der Waals surface area contributed by atoms with Gasteiger partial charge in [-0.1, -0.05) is 24.3 Å². The Morgan fingerprint density at radius 2 is 2.09 bits per heavy atom. The first-order valence-corrected chi connectivity index (χ1v) is 10.7. The lowest BCUT2D eigenvalue weighted by Crippen LogP contribution is -2.23. The van der Waals surface area contributed by atoms with Crippen LogP contribution in [0.2, 0.25) is 0 Å². The lowest BCUT2D eigenvalue weighted by molar-refractivity contribution is -0.385. The summed E-state index contributed by atoms with van der Waals surface area (Å²) in [5, 5.41) is 16.2. The minimum Gasteiger partial charge on any atom is -0.495 e. The highest BCUT2D eigenvalue weighted by molar-refractivity contribution is 6.10. The lowest BCUT2D eigenvalue weighted by Gasteiger charge is -2.25. The minimum absolute atomic E-state index is 0.0702. The van der Waals surface area contributed by atoms with Crippen molar-refractivity contribution in [1.29, 1.82) is 0 Å². The molecule has 0 aliphatic carbocycles. The van der Waals surface area contributed by atoms with Crippen molar-refractivity contribution >= 4 is 33.6 Å². The zero-order chi connectivity index (χ0) is 22.8. The van der Waals surface area contributed by atoms with Crippen molar-refractivity contribution < 1.29 is 9.66 Å². The van der Waals surface area contributed by atoms with Gasteiger partial charge in [0.1, 0.15) is 12.4 Å². The molecule has 0 atom stereocenters. The fourth-order valence-electron chi connectivity index (χ4n) is 4.19. The number of aliphatic imine (C=N–C) groups is 1. The van der Waals surface area contributed by atoms with Crippen molar-refractivity contribution in [2.45, 2.75) is 6.42 Å². The SMILES string of the molecule is COc1cc(C2=CCNCC2)c([N+](=O)[O-])cc1N1C=CC(c2cnc3ccccc3c2)=NC1. The van der Waals surface area contributed by atoms with Gasteiger partial charge in [-0.2, -0.15) is 0 Å². The molecule has 2 aromatic carbocycles. The number of rotatable bonds is 5. The summed E-state index contributed by atoms with van der Waals surface area (Å²) >= 11 is 0. The van der Waals surface area contributed by atoms with Crippen LogP contribution in [0.1, 0.15) is 17.5 Å². The van der Waals surface area contributed by atoms with E-state index in [4.69, 9.17) is 9.73 Å². The van der Waals surface area contributed by atoms with E-state index in [1.54, 1.807) is 19.2 Å². The van der Waals surface area contributed by atoms with E-state index in [0.29, 0.717) is 30.2 Å². The minimum atomic E-state index is -0.329. The molecule has 0 radical (unpaired) electrons. The zero-order valence-electron chi connectivity index (χ0n) is 18.2. The van der Waals surface area contributed by atoms with Crippen molar-refractivity contribution in [3.05, 3.63) is 88.3 Å². The van der Waals surface area contributed by atoms with Crippen LogP contribution in [0, 0.1) is 10.1 Å². The van der Waals surface area contributed by atoms with Gasteiger partial charge in [-0.15, -0.1) is 0 Å². The topological polar surface area (TPSA) is 92.9 Å². The molecule has 1 aromatic heterocycles. The lowest BCUT2D eigenvalue weighted by atomic mass is 9.97.